The van der Waals surface area contributed by atoms with Crippen LogP contribution in [0.5, 0.6) is 0 Å². The number of rotatable bonds is 4. The van der Waals surface area contributed by atoms with Crippen LogP contribution in [-0.4, -0.2) is 26.1 Å². The van der Waals surface area contributed by atoms with Gasteiger partial charge in [0.2, 0.25) is 0 Å². The average molecular weight is 245 g/mol. The SMILES string of the molecule is CC(C)(CC(=O)O)c1cccc(-n2nccn2)c1. The second-order valence-electron chi connectivity index (χ2n) is 4.82. The highest BCUT2D eigenvalue weighted by Crippen LogP contribution is 2.28. The van der Waals surface area contributed by atoms with Gasteiger partial charge in [-0.2, -0.15) is 15.0 Å². The Morgan fingerprint density at radius 2 is 2.00 bits per heavy atom. The van der Waals surface area contributed by atoms with Gasteiger partial charge >= 0.3 is 5.97 Å². The van der Waals surface area contributed by atoms with Gasteiger partial charge in [-0.3, -0.25) is 4.79 Å². The number of aliphatic carboxylic acids is 1. The van der Waals surface area contributed by atoms with Crippen molar-refractivity contribution >= 4 is 5.97 Å². The van der Waals surface area contributed by atoms with Crippen molar-refractivity contribution in [3.63, 3.8) is 0 Å². The Morgan fingerprint density at radius 3 is 2.61 bits per heavy atom. The van der Waals surface area contributed by atoms with E-state index in [0.29, 0.717) is 0 Å². The lowest BCUT2D eigenvalue weighted by molar-refractivity contribution is -0.138. The maximum absolute atomic E-state index is 10.9. The molecule has 0 aliphatic heterocycles. The number of benzene rings is 1. The minimum atomic E-state index is -0.803. The van der Waals surface area contributed by atoms with Crippen LogP contribution in [0, 0.1) is 0 Å². The van der Waals surface area contributed by atoms with E-state index < -0.39 is 11.4 Å². The molecule has 2 aromatic rings. The molecular weight excluding hydrogens is 230 g/mol. The third-order valence-corrected chi connectivity index (χ3v) is 2.87. The quantitative estimate of drug-likeness (QED) is 0.894. The van der Waals surface area contributed by atoms with Crippen molar-refractivity contribution < 1.29 is 9.90 Å². The van der Waals surface area contributed by atoms with Crippen LogP contribution in [0.1, 0.15) is 25.8 Å². The minimum absolute atomic E-state index is 0.0863. The molecule has 5 heteroatoms. The van der Waals surface area contributed by atoms with Crippen molar-refractivity contribution in [3.8, 4) is 5.69 Å². The molecule has 5 nitrogen and oxygen atoms in total. The average Bonchev–Trinajstić information content (AvgIpc) is 2.81. The zero-order valence-electron chi connectivity index (χ0n) is 10.4. The molecule has 0 saturated heterocycles. The second-order valence-corrected chi connectivity index (χ2v) is 4.82. The van der Waals surface area contributed by atoms with Crippen molar-refractivity contribution in [2.24, 2.45) is 0 Å². The summed E-state index contributed by atoms with van der Waals surface area (Å²) in [4.78, 5) is 12.4. The van der Waals surface area contributed by atoms with Gasteiger partial charge in [0.25, 0.3) is 0 Å². The standard InChI is InChI=1S/C13H15N3O2/c1-13(2,9-12(17)18)10-4-3-5-11(8-10)16-14-6-7-15-16/h3-8H,9H2,1-2H3,(H,17,18). The van der Waals surface area contributed by atoms with Crippen LogP contribution in [0.3, 0.4) is 0 Å². The predicted octanol–water partition coefficient (Wildman–Crippen LogP) is 2.02. The van der Waals surface area contributed by atoms with Crippen LogP contribution < -0.4 is 0 Å². The lowest BCUT2D eigenvalue weighted by Gasteiger charge is -2.23. The molecule has 1 aromatic heterocycles. The van der Waals surface area contributed by atoms with Crippen LogP contribution in [0.25, 0.3) is 5.69 Å². The number of hydrogen-bond donors (Lipinski definition) is 1. The Morgan fingerprint density at radius 1 is 1.33 bits per heavy atom. The Bertz CT molecular complexity index is 547. The summed E-state index contributed by atoms with van der Waals surface area (Å²) in [6.07, 6.45) is 3.30. The smallest absolute Gasteiger partial charge is 0.304 e. The summed E-state index contributed by atoms with van der Waals surface area (Å²) in [5, 5.41) is 17.1. The molecule has 2 rings (SSSR count). The van der Waals surface area contributed by atoms with Crippen molar-refractivity contribution in [2.45, 2.75) is 25.7 Å². The first kappa shape index (κ1) is 12.3. The first-order valence-electron chi connectivity index (χ1n) is 5.68. The fraction of sp³-hybridized carbons (Fsp3) is 0.308. The van der Waals surface area contributed by atoms with E-state index in [2.05, 4.69) is 10.2 Å². The summed E-state index contributed by atoms with van der Waals surface area (Å²) in [6.45, 7) is 3.83. The van der Waals surface area contributed by atoms with E-state index in [0.717, 1.165) is 11.3 Å². The van der Waals surface area contributed by atoms with Crippen LogP contribution in [0.4, 0.5) is 0 Å². The van der Waals surface area contributed by atoms with Crippen molar-refractivity contribution in [1.82, 2.24) is 15.0 Å². The first-order chi connectivity index (χ1) is 8.49. The number of carboxylic acid groups (broad SMARTS) is 1. The molecule has 0 atom stereocenters. The highest BCUT2D eigenvalue weighted by Gasteiger charge is 2.24. The van der Waals surface area contributed by atoms with Gasteiger partial charge in [0.1, 0.15) is 0 Å². The molecule has 1 heterocycles. The molecule has 0 radical (unpaired) electrons. The van der Waals surface area contributed by atoms with Gasteiger partial charge in [0.05, 0.1) is 24.5 Å². The summed E-state index contributed by atoms with van der Waals surface area (Å²) in [7, 11) is 0. The largest absolute Gasteiger partial charge is 0.481 e. The fourth-order valence-corrected chi connectivity index (χ4v) is 1.88. The zero-order chi connectivity index (χ0) is 13.2. The molecule has 18 heavy (non-hydrogen) atoms. The Labute approximate surface area is 105 Å². The molecule has 0 aliphatic carbocycles. The van der Waals surface area contributed by atoms with Gasteiger partial charge in [-0.25, -0.2) is 0 Å². The Balaban J connectivity index is 2.35. The van der Waals surface area contributed by atoms with Crippen LogP contribution in [-0.2, 0) is 10.2 Å². The van der Waals surface area contributed by atoms with E-state index in [-0.39, 0.29) is 6.42 Å². The van der Waals surface area contributed by atoms with E-state index in [9.17, 15) is 4.79 Å². The third-order valence-electron chi connectivity index (χ3n) is 2.87. The monoisotopic (exact) mass is 245 g/mol. The van der Waals surface area contributed by atoms with Gasteiger partial charge in [0.15, 0.2) is 0 Å². The first-order valence-corrected chi connectivity index (χ1v) is 5.68. The van der Waals surface area contributed by atoms with Gasteiger partial charge < -0.3 is 5.11 Å². The van der Waals surface area contributed by atoms with Gasteiger partial charge in [-0.05, 0) is 17.7 Å². The van der Waals surface area contributed by atoms with Crippen LogP contribution >= 0.6 is 0 Å². The van der Waals surface area contributed by atoms with E-state index in [1.165, 1.54) is 4.80 Å². The number of hydrogen-bond acceptors (Lipinski definition) is 3. The number of carbonyl (C=O) groups is 1. The highest BCUT2D eigenvalue weighted by molar-refractivity contribution is 5.69. The summed E-state index contributed by atoms with van der Waals surface area (Å²) < 4.78 is 0. The van der Waals surface area contributed by atoms with Crippen molar-refractivity contribution in [3.05, 3.63) is 42.2 Å². The van der Waals surface area contributed by atoms with E-state index >= 15 is 0 Å². The maximum Gasteiger partial charge on any atom is 0.304 e. The van der Waals surface area contributed by atoms with Crippen LogP contribution in [0.2, 0.25) is 0 Å². The lowest BCUT2D eigenvalue weighted by atomic mass is 9.81. The summed E-state index contributed by atoms with van der Waals surface area (Å²) in [5.41, 5.74) is 1.37. The normalized spacial score (nSPS) is 11.4. The maximum atomic E-state index is 10.9. The minimum Gasteiger partial charge on any atom is -0.481 e. The molecule has 0 bridgehead atoms. The number of nitrogens with zero attached hydrogens (tertiary/aromatic N) is 3. The second kappa shape index (κ2) is 4.60. The highest BCUT2D eigenvalue weighted by atomic mass is 16.4. The molecule has 1 aromatic carbocycles. The molecule has 0 amide bonds. The van der Waals surface area contributed by atoms with E-state index in [4.69, 9.17) is 5.11 Å². The molecule has 0 spiro atoms. The van der Waals surface area contributed by atoms with Gasteiger partial charge in [-0.15, -0.1) is 0 Å². The summed E-state index contributed by atoms with van der Waals surface area (Å²) >= 11 is 0. The molecule has 1 N–H and O–H groups in total. The third kappa shape index (κ3) is 2.56. The molecule has 0 unspecified atom stereocenters. The van der Waals surface area contributed by atoms with Crippen LogP contribution in [0.15, 0.2) is 36.7 Å². The van der Waals surface area contributed by atoms with Gasteiger partial charge in [0, 0.05) is 5.41 Å². The topological polar surface area (TPSA) is 68.0 Å². The molecule has 94 valence electrons. The van der Waals surface area contributed by atoms with E-state index in [1.807, 2.05) is 38.1 Å². The molecular formula is C13H15N3O2. The molecule has 0 fully saturated rings. The number of carboxylic acids is 1. The number of aromatic nitrogens is 3. The zero-order valence-corrected chi connectivity index (χ0v) is 10.4. The molecule has 0 aliphatic rings. The molecule has 0 saturated carbocycles. The Kier molecular flexibility index (Phi) is 3.14. The van der Waals surface area contributed by atoms with Crippen molar-refractivity contribution in [2.75, 3.05) is 0 Å². The lowest BCUT2D eigenvalue weighted by Crippen LogP contribution is -2.21. The van der Waals surface area contributed by atoms with Gasteiger partial charge in [-0.1, -0.05) is 26.0 Å². The predicted molar refractivity (Wildman–Crippen MR) is 66.6 cm³/mol. The summed E-state index contributed by atoms with van der Waals surface area (Å²) in [5.74, 6) is -0.803. The van der Waals surface area contributed by atoms with Crippen molar-refractivity contribution in [1.29, 1.82) is 0 Å². The van der Waals surface area contributed by atoms with E-state index in [1.54, 1.807) is 12.4 Å². The fourth-order valence-electron chi connectivity index (χ4n) is 1.88. The summed E-state index contributed by atoms with van der Waals surface area (Å²) in [6, 6.07) is 7.62. The Hall–Kier alpha value is -2.17.